The smallest absolute Gasteiger partial charge is 0.0205 e. The van der Waals surface area contributed by atoms with Gasteiger partial charge in [0.15, 0.2) is 0 Å². The summed E-state index contributed by atoms with van der Waals surface area (Å²) < 4.78 is 0. The number of benzene rings is 1. The van der Waals surface area contributed by atoms with Crippen molar-refractivity contribution < 1.29 is 0 Å². The van der Waals surface area contributed by atoms with Crippen molar-refractivity contribution in [3.63, 3.8) is 0 Å². The first-order valence-corrected chi connectivity index (χ1v) is 5.57. The van der Waals surface area contributed by atoms with Gasteiger partial charge in [-0.15, -0.1) is 0 Å². The van der Waals surface area contributed by atoms with Crippen LogP contribution in [-0.2, 0) is 6.54 Å². The lowest BCUT2D eigenvalue weighted by atomic mass is 10.1. The fourth-order valence-corrected chi connectivity index (χ4v) is 1.38. The van der Waals surface area contributed by atoms with E-state index in [0.717, 1.165) is 19.0 Å². The molecule has 0 fully saturated rings. The van der Waals surface area contributed by atoms with E-state index in [9.17, 15) is 0 Å². The molecule has 0 aromatic heterocycles. The van der Waals surface area contributed by atoms with Gasteiger partial charge in [-0.3, -0.25) is 0 Å². The zero-order valence-electron chi connectivity index (χ0n) is 9.29. The maximum absolute atomic E-state index is 3.47. The van der Waals surface area contributed by atoms with E-state index in [-0.39, 0.29) is 0 Å². The van der Waals surface area contributed by atoms with E-state index in [1.165, 1.54) is 18.4 Å². The highest BCUT2D eigenvalue weighted by atomic mass is 14.8. The molecule has 0 amide bonds. The zero-order valence-corrected chi connectivity index (χ0v) is 9.29. The quantitative estimate of drug-likeness (QED) is 0.681. The molecule has 0 aliphatic heterocycles. The van der Waals surface area contributed by atoms with Crippen LogP contribution in [0.5, 0.6) is 0 Å². The Bertz CT molecular complexity index is 230. The lowest BCUT2D eigenvalue weighted by Gasteiger charge is -2.09. The average molecular weight is 191 g/mol. The fraction of sp³-hybridized carbons (Fsp3) is 0.538. The first kappa shape index (κ1) is 11.3. The second-order valence-corrected chi connectivity index (χ2v) is 3.96. The van der Waals surface area contributed by atoms with Crippen molar-refractivity contribution in [1.29, 1.82) is 0 Å². The summed E-state index contributed by atoms with van der Waals surface area (Å²) in [6.45, 7) is 6.69. The molecule has 1 aromatic rings. The largest absolute Gasteiger partial charge is 0.313 e. The van der Waals surface area contributed by atoms with Gasteiger partial charge in [0.25, 0.3) is 0 Å². The lowest BCUT2D eigenvalue weighted by Crippen LogP contribution is -2.16. The minimum absolute atomic E-state index is 0.846. The Morgan fingerprint density at radius 3 is 2.57 bits per heavy atom. The molecule has 1 rings (SSSR count). The monoisotopic (exact) mass is 191 g/mol. The van der Waals surface area contributed by atoms with Crippen LogP contribution in [0.2, 0.25) is 0 Å². The Morgan fingerprint density at radius 2 is 1.93 bits per heavy atom. The molecule has 1 atom stereocenters. The van der Waals surface area contributed by atoms with Gasteiger partial charge in [0.05, 0.1) is 0 Å². The zero-order chi connectivity index (χ0) is 10.2. The molecular weight excluding hydrogens is 170 g/mol. The Hall–Kier alpha value is -0.820. The second kappa shape index (κ2) is 6.61. The van der Waals surface area contributed by atoms with Crippen molar-refractivity contribution in [1.82, 2.24) is 5.32 Å². The average Bonchev–Trinajstić information content (AvgIpc) is 2.25. The minimum Gasteiger partial charge on any atom is -0.313 e. The molecule has 1 heteroatoms. The molecule has 1 nitrogen and oxygen atoms in total. The van der Waals surface area contributed by atoms with Crippen molar-refractivity contribution in [3.05, 3.63) is 35.9 Å². The van der Waals surface area contributed by atoms with E-state index >= 15 is 0 Å². The highest BCUT2D eigenvalue weighted by Gasteiger charge is 1.97. The molecule has 0 saturated heterocycles. The van der Waals surface area contributed by atoms with Crippen LogP contribution in [0, 0.1) is 5.92 Å². The van der Waals surface area contributed by atoms with Crippen molar-refractivity contribution in [2.24, 2.45) is 5.92 Å². The van der Waals surface area contributed by atoms with Crippen molar-refractivity contribution >= 4 is 0 Å². The molecule has 1 unspecified atom stereocenters. The predicted molar refractivity (Wildman–Crippen MR) is 62.2 cm³/mol. The first-order valence-electron chi connectivity index (χ1n) is 5.57. The van der Waals surface area contributed by atoms with Gasteiger partial charge < -0.3 is 5.32 Å². The molecule has 0 aliphatic rings. The van der Waals surface area contributed by atoms with Gasteiger partial charge in [-0.2, -0.15) is 0 Å². The summed E-state index contributed by atoms with van der Waals surface area (Å²) in [5.74, 6) is 0.846. The fourth-order valence-electron chi connectivity index (χ4n) is 1.38. The normalized spacial score (nSPS) is 12.7. The molecule has 1 aromatic carbocycles. The summed E-state index contributed by atoms with van der Waals surface area (Å²) in [4.78, 5) is 0. The number of nitrogens with one attached hydrogen (secondary N) is 1. The summed E-state index contributed by atoms with van der Waals surface area (Å²) in [6.07, 6.45) is 2.57. The molecule has 0 aliphatic carbocycles. The van der Waals surface area contributed by atoms with Crippen LogP contribution >= 0.6 is 0 Å². The summed E-state index contributed by atoms with van der Waals surface area (Å²) in [5, 5.41) is 3.47. The highest BCUT2D eigenvalue weighted by Crippen LogP contribution is 2.04. The standard InChI is InChI=1S/C13H21N/c1-3-12(2)9-10-14-11-13-7-5-4-6-8-13/h4-8,12,14H,3,9-11H2,1-2H3. The molecule has 14 heavy (non-hydrogen) atoms. The minimum atomic E-state index is 0.846. The van der Waals surface area contributed by atoms with Crippen molar-refractivity contribution in [2.75, 3.05) is 6.54 Å². The van der Waals surface area contributed by atoms with Gasteiger partial charge in [0.2, 0.25) is 0 Å². The third kappa shape index (κ3) is 4.43. The maximum atomic E-state index is 3.47. The molecular formula is C13H21N. The number of hydrogen-bond acceptors (Lipinski definition) is 1. The van der Waals surface area contributed by atoms with Gasteiger partial charge >= 0.3 is 0 Å². The van der Waals surface area contributed by atoms with Gasteiger partial charge in [0.1, 0.15) is 0 Å². The lowest BCUT2D eigenvalue weighted by molar-refractivity contribution is 0.488. The van der Waals surface area contributed by atoms with E-state index in [2.05, 4.69) is 49.5 Å². The predicted octanol–water partition coefficient (Wildman–Crippen LogP) is 3.21. The molecule has 0 saturated carbocycles. The molecule has 0 heterocycles. The van der Waals surface area contributed by atoms with E-state index in [4.69, 9.17) is 0 Å². The van der Waals surface area contributed by atoms with Crippen LogP contribution in [0.4, 0.5) is 0 Å². The number of hydrogen-bond donors (Lipinski definition) is 1. The SMILES string of the molecule is CCC(C)CCNCc1ccccc1. The van der Waals surface area contributed by atoms with E-state index in [1.54, 1.807) is 0 Å². The Labute approximate surface area is 87.5 Å². The molecule has 0 bridgehead atoms. The highest BCUT2D eigenvalue weighted by molar-refractivity contribution is 5.14. The topological polar surface area (TPSA) is 12.0 Å². The van der Waals surface area contributed by atoms with Crippen LogP contribution in [0.25, 0.3) is 0 Å². The molecule has 0 spiro atoms. The van der Waals surface area contributed by atoms with Gasteiger partial charge in [-0.1, -0.05) is 50.6 Å². The van der Waals surface area contributed by atoms with E-state index in [1.807, 2.05) is 0 Å². The Kier molecular flexibility index (Phi) is 5.31. The summed E-state index contributed by atoms with van der Waals surface area (Å²) in [6, 6.07) is 10.6. The summed E-state index contributed by atoms with van der Waals surface area (Å²) in [5.41, 5.74) is 1.37. The summed E-state index contributed by atoms with van der Waals surface area (Å²) >= 11 is 0. The molecule has 1 N–H and O–H groups in total. The van der Waals surface area contributed by atoms with Crippen molar-refractivity contribution in [2.45, 2.75) is 33.2 Å². The van der Waals surface area contributed by atoms with Gasteiger partial charge in [0, 0.05) is 6.54 Å². The maximum Gasteiger partial charge on any atom is 0.0205 e. The molecule has 78 valence electrons. The van der Waals surface area contributed by atoms with E-state index < -0.39 is 0 Å². The van der Waals surface area contributed by atoms with Crippen LogP contribution in [0.3, 0.4) is 0 Å². The number of rotatable bonds is 6. The first-order chi connectivity index (χ1) is 6.83. The second-order valence-electron chi connectivity index (χ2n) is 3.96. The van der Waals surface area contributed by atoms with Gasteiger partial charge in [-0.05, 0) is 24.4 Å². The van der Waals surface area contributed by atoms with Crippen LogP contribution in [-0.4, -0.2) is 6.54 Å². The molecule has 0 radical (unpaired) electrons. The third-order valence-electron chi connectivity index (χ3n) is 2.68. The summed E-state index contributed by atoms with van der Waals surface area (Å²) in [7, 11) is 0. The Morgan fingerprint density at radius 1 is 1.21 bits per heavy atom. The van der Waals surface area contributed by atoms with Gasteiger partial charge in [-0.25, -0.2) is 0 Å². The van der Waals surface area contributed by atoms with Crippen LogP contribution in [0.1, 0.15) is 32.3 Å². The third-order valence-corrected chi connectivity index (χ3v) is 2.68. The van der Waals surface area contributed by atoms with Crippen molar-refractivity contribution in [3.8, 4) is 0 Å². The van der Waals surface area contributed by atoms with Crippen LogP contribution in [0.15, 0.2) is 30.3 Å². The Balaban J connectivity index is 2.10. The van der Waals surface area contributed by atoms with Crippen LogP contribution < -0.4 is 5.32 Å². The van der Waals surface area contributed by atoms with E-state index in [0.29, 0.717) is 0 Å².